The minimum atomic E-state index is -0.537. The molecule has 1 spiro atoms. The molecule has 9 aromatic carbocycles. The second-order valence-corrected chi connectivity index (χ2v) is 20.7. The Hall–Kier alpha value is -7.22. The summed E-state index contributed by atoms with van der Waals surface area (Å²) in [7, 11) is 0. The average Bonchev–Trinajstić information content (AvgIpc) is 3.82. The van der Waals surface area contributed by atoms with Crippen LogP contribution in [0.2, 0.25) is 0 Å². The van der Waals surface area contributed by atoms with Gasteiger partial charge in [0.2, 0.25) is 0 Å². The topological polar surface area (TPSA) is 3.24 Å². The van der Waals surface area contributed by atoms with Crippen LogP contribution in [0, 0.1) is 0 Å². The molecule has 1 nitrogen and oxygen atoms in total. The SMILES string of the molecule is CCCc1ccc2c(c1)C(C)(C)c1ccccc1C21c2ccccc2-c2ccc(N(c3ccccc3)c3ccc4c(c3)C(c3ccccc3)(c3ccc(C(C)(C)C)cc3)c3ccccc3-4)cc21. The second kappa shape index (κ2) is 15.2. The lowest BCUT2D eigenvalue weighted by atomic mass is 9.55. The van der Waals surface area contributed by atoms with E-state index in [1.165, 1.54) is 89.0 Å². The predicted molar refractivity (Wildman–Crippen MR) is 281 cm³/mol. The van der Waals surface area contributed by atoms with Crippen LogP contribution in [0.25, 0.3) is 22.3 Å². The first kappa shape index (κ1) is 41.2. The Morgan fingerprint density at radius 1 is 0.373 bits per heavy atom. The number of aryl methyl sites for hydroxylation is 1. The number of benzene rings is 9. The highest BCUT2D eigenvalue weighted by Crippen LogP contribution is 2.63. The lowest BCUT2D eigenvalue weighted by Crippen LogP contribution is -2.40. The van der Waals surface area contributed by atoms with Crippen LogP contribution in [-0.4, -0.2) is 0 Å². The fraction of sp³-hybridized carbons (Fsp3) is 0.182. The van der Waals surface area contributed by atoms with E-state index in [2.05, 4.69) is 259 Å². The minimum absolute atomic E-state index is 0.0408. The largest absolute Gasteiger partial charge is 0.310 e. The molecule has 9 aromatic rings. The molecule has 2 unspecified atom stereocenters. The van der Waals surface area contributed by atoms with Crippen LogP contribution in [0.1, 0.15) is 115 Å². The summed E-state index contributed by atoms with van der Waals surface area (Å²) in [4.78, 5) is 2.50. The number of anilines is 3. The Labute approximate surface area is 397 Å². The third-order valence-corrected chi connectivity index (χ3v) is 15.7. The van der Waals surface area contributed by atoms with E-state index in [1.807, 2.05) is 0 Å². The van der Waals surface area contributed by atoms with E-state index in [1.54, 1.807) is 0 Å². The van der Waals surface area contributed by atoms with Gasteiger partial charge < -0.3 is 4.90 Å². The van der Waals surface area contributed by atoms with E-state index >= 15 is 0 Å². The van der Waals surface area contributed by atoms with Crippen LogP contribution in [-0.2, 0) is 28.1 Å². The Bertz CT molecular complexity index is 3370. The quantitative estimate of drug-likeness (QED) is 0.154. The second-order valence-electron chi connectivity index (χ2n) is 20.7. The fourth-order valence-corrected chi connectivity index (χ4v) is 12.6. The maximum atomic E-state index is 2.54. The van der Waals surface area contributed by atoms with Crippen LogP contribution in [0.15, 0.2) is 212 Å². The molecule has 3 aliphatic rings. The van der Waals surface area contributed by atoms with Gasteiger partial charge >= 0.3 is 0 Å². The van der Waals surface area contributed by atoms with Gasteiger partial charge in [-0.1, -0.05) is 224 Å². The summed E-state index contributed by atoms with van der Waals surface area (Å²) in [5.74, 6) is 0. The molecule has 0 aliphatic heterocycles. The van der Waals surface area contributed by atoms with Crippen LogP contribution >= 0.6 is 0 Å². The summed E-state index contributed by atoms with van der Waals surface area (Å²) in [6.45, 7) is 14.1. The number of hydrogen-bond acceptors (Lipinski definition) is 1. The Balaban J connectivity index is 1.12. The summed E-state index contributed by atoms with van der Waals surface area (Å²) in [5.41, 5.74) is 23.6. The maximum absolute atomic E-state index is 2.54. The molecule has 0 radical (unpaired) electrons. The molecule has 67 heavy (non-hydrogen) atoms. The highest BCUT2D eigenvalue weighted by Gasteiger charge is 2.54. The molecule has 0 saturated carbocycles. The molecule has 326 valence electrons. The van der Waals surface area contributed by atoms with Gasteiger partial charge in [-0.25, -0.2) is 0 Å². The van der Waals surface area contributed by atoms with Crippen molar-refractivity contribution in [3.05, 3.63) is 279 Å². The monoisotopic (exact) mass is 863 g/mol. The summed E-state index contributed by atoms with van der Waals surface area (Å²) in [6.07, 6.45) is 2.19. The lowest BCUT2D eigenvalue weighted by Gasteiger charge is -2.47. The van der Waals surface area contributed by atoms with Crippen molar-refractivity contribution in [1.82, 2.24) is 0 Å². The van der Waals surface area contributed by atoms with Gasteiger partial charge in [0.1, 0.15) is 0 Å². The van der Waals surface area contributed by atoms with Crippen molar-refractivity contribution in [2.45, 2.75) is 76.0 Å². The molecule has 0 saturated heterocycles. The van der Waals surface area contributed by atoms with Crippen molar-refractivity contribution in [3.63, 3.8) is 0 Å². The molecule has 0 fully saturated rings. The van der Waals surface area contributed by atoms with E-state index < -0.39 is 10.8 Å². The van der Waals surface area contributed by atoms with Gasteiger partial charge in [0.05, 0.1) is 10.8 Å². The normalized spacial score (nSPS) is 18.1. The first-order chi connectivity index (χ1) is 32.6. The summed E-state index contributed by atoms with van der Waals surface area (Å²) >= 11 is 0. The highest BCUT2D eigenvalue weighted by molar-refractivity contribution is 5.93. The molecular formula is C66H57N. The van der Waals surface area contributed by atoms with Crippen LogP contribution in [0.4, 0.5) is 17.1 Å². The van der Waals surface area contributed by atoms with Crippen LogP contribution < -0.4 is 4.90 Å². The lowest BCUT2D eigenvalue weighted by molar-refractivity contribution is 0.562. The molecule has 0 heterocycles. The van der Waals surface area contributed by atoms with Crippen molar-refractivity contribution < 1.29 is 0 Å². The molecule has 1 heteroatoms. The van der Waals surface area contributed by atoms with E-state index in [9.17, 15) is 0 Å². The van der Waals surface area contributed by atoms with Gasteiger partial charge in [-0.05, 0) is 137 Å². The summed E-state index contributed by atoms with van der Waals surface area (Å²) < 4.78 is 0. The third-order valence-electron chi connectivity index (χ3n) is 15.7. The Morgan fingerprint density at radius 2 is 0.851 bits per heavy atom. The Kier molecular flexibility index (Phi) is 9.33. The zero-order valence-corrected chi connectivity index (χ0v) is 39.6. The molecule has 2 atom stereocenters. The van der Waals surface area contributed by atoms with Gasteiger partial charge in [-0.15, -0.1) is 0 Å². The minimum Gasteiger partial charge on any atom is -0.310 e. The summed E-state index contributed by atoms with van der Waals surface area (Å²) in [6, 6.07) is 81.3. The first-order valence-electron chi connectivity index (χ1n) is 24.3. The van der Waals surface area contributed by atoms with Crippen LogP contribution in [0.5, 0.6) is 0 Å². The van der Waals surface area contributed by atoms with Crippen molar-refractivity contribution in [3.8, 4) is 22.3 Å². The smallest absolute Gasteiger partial charge is 0.0720 e. The molecule has 12 rings (SSSR count). The molecule has 3 aliphatic carbocycles. The van der Waals surface area contributed by atoms with Gasteiger partial charge in [-0.3, -0.25) is 0 Å². The average molecular weight is 864 g/mol. The van der Waals surface area contributed by atoms with E-state index in [4.69, 9.17) is 0 Å². The van der Waals surface area contributed by atoms with Gasteiger partial charge in [-0.2, -0.15) is 0 Å². The number of para-hydroxylation sites is 1. The van der Waals surface area contributed by atoms with E-state index in [-0.39, 0.29) is 10.8 Å². The van der Waals surface area contributed by atoms with Crippen molar-refractivity contribution in [2.75, 3.05) is 4.90 Å². The van der Waals surface area contributed by atoms with E-state index in [0.717, 1.165) is 29.9 Å². The first-order valence-corrected chi connectivity index (χ1v) is 24.3. The predicted octanol–water partition coefficient (Wildman–Crippen LogP) is 16.8. The molecule has 0 amide bonds. The summed E-state index contributed by atoms with van der Waals surface area (Å²) in [5, 5.41) is 0. The highest BCUT2D eigenvalue weighted by atomic mass is 15.1. The number of rotatable bonds is 7. The molecule has 0 aromatic heterocycles. The standard InChI is InChI=1S/C66H57N/c1-7-20-44-31-40-59-62(41-44)64(5,6)57-29-18-19-30-58(57)66(59)56-28-17-15-26-52(56)54-39-37-50(43-61(54)66)67(48-23-12-9-13-24-48)49-36-38-53-51-25-14-16-27-55(51)65(60(53)42-49,46-21-10-8-11-22-46)47-34-32-45(33-35-47)63(2,3)4/h8-19,21-43H,7,20H2,1-6H3. The zero-order valence-electron chi connectivity index (χ0n) is 39.6. The zero-order chi connectivity index (χ0) is 45.7. The van der Waals surface area contributed by atoms with Crippen molar-refractivity contribution in [1.29, 1.82) is 0 Å². The van der Waals surface area contributed by atoms with Gasteiger partial charge in [0.15, 0.2) is 0 Å². The van der Waals surface area contributed by atoms with Crippen molar-refractivity contribution in [2.24, 2.45) is 0 Å². The fourth-order valence-electron chi connectivity index (χ4n) is 12.6. The number of hydrogen-bond donors (Lipinski definition) is 0. The number of fused-ring (bicyclic) bond motifs is 12. The number of nitrogens with zero attached hydrogens (tertiary/aromatic N) is 1. The van der Waals surface area contributed by atoms with E-state index in [0.29, 0.717) is 0 Å². The van der Waals surface area contributed by atoms with Gasteiger partial charge in [0, 0.05) is 22.5 Å². The maximum Gasteiger partial charge on any atom is 0.0720 e. The Morgan fingerprint density at radius 3 is 1.45 bits per heavy atom. The molecule has 0 N–H and O–H groups in total. The van der Waals surface area contributed by atoms with Crippen LogP contribution in [0.3, 0.4) is 0 Å². The molecule has 0 bridgehead atoms. The third kappa shape index (κ3) is 5.86. The molecular weight excluding hydrogens is 807 g/mol. The van der Waals surface area contributed by atoms with Gasteiger partial charge in [0.25, 0.3) is 0 Å². The van der Waals surface area contributed by atoms with Crippen molar-refractivity contribution >= 4 is 17.1 Å².